The highest BCUT2D eigenvalue weighted by molar-refractivity contribution is 7.57. The first-order valence-electron chi connectivity index (χ1n) is 13.9. The molecule has 0 aliphatic carbocycles. The molecule has 1 N–H and O–H groups in total. The number of benzene rings is 5. The van der Waals surface area contributed by atoms with E-state index in [9.17, 15) is 5.26 Å². The maximum absolute atomic E-state index is 15.3. The summed E-state index contributed by atoms with van der Waals surface area (Å²) in [6.07, 6.45) is 0. The van der Waals surface area contributed by atoms with Gasteiger partial charge in [-0.15, -0.1) is 0 Å². The van der Waals surface area contributed by atoms with Crippen LogP contribution in [-0.4, -0.2) is 36.5 Å². The minimum Gasteiger partial charge on any atom is -0.378 e. The number of fused-ring (bicyclic) bond motifs is 2. The Hall–Kier alpha value is -3.98. The Labute approximate surface area is 242 Å². The molecule has 41 heavy (non-hydrogen) atoms. The molecule has 0 radical (unpaired) electrons. The summed E-state index contributed by atoms with van der Waals surface area (Å²) in [5.74, 6) is 0. The summed E-state index contributed by atoms with van der Waals surface area (Å²) in [5.41, 5.74) is 4.10. The largest absolute Gasteiger partial charge is 0.378 e. The topological polar surface area (TPSA) is 62.6 Å². The zero-order valence-corrected chi connectivity index (χ0v) is 24.3. The molecule has 7 heteroatoms. The lowest BCUT2D eigenvalue weighted by Gasteiger charge is -2.33. The van der Waals surface area contributed by atoms with E-state index in [2.05, 4.69) is 81.2 Å². The normalized spacial score (nSPS) is 16.1. The third kappa shape index (κ3) is 5.38. The fraction of sp³-hybridized carbons (Fsp3) is 0.206. The van der Waals surface area contributed by atoms with E-state index < -0.39 is 13.6 Å². The van der Waals surface area contributed by atoms with E-state index in [1.165, 1.54) is 0 Å². The quantitative estimate of drug-likeness (QED) is 0.201. The fourth-order valence-electron chi connectivity index (χ4n) is 5.76. The summed E-state index contributed by atoms with van der Waals surface area (Å²) < 4.78 is 19.4. The molecular formula is C34H34N5OP. The Morgan fingerprint density at radius 1 is 0.756 bits per heavy atom. The van der Waals surface area contributed by atoms with Crippen LogP contribution in [0.25, 0.3) is 21.5 Å². The van der Waals surface area contributed by atoms with Gasteiger partial charge in [0.1, 0.15) is 6.04 Å². The second kappa shape index (κ2) is 11.5. The Morgan fingerprint density at radius 3 is 1.73 bits per heavy atom. The zero-order chi connectivity index (χ0) is 28.4. The van der Waals surface area contributed by atoms with Crippen LogP contribution in [0, 0.1) is 11.3 Å². The molecule has 0 spiro atoms. The molecule has 1 aliphatic rings. The lowest BCUT2D eigenvalue weighted by Crippen LogP contribution is -2.31. The van der Waals surface area contributed by atoms with Gasteiger partial charge in [-0.2, -0.15) is 5.26 Å². The smallest absolute Gasteiger partial charge is 0.286 e. The van der Waals surface area contributed by atoms with Crippen molar-refractivity contribution in [1.82, 2.24) is 14.4 Å². The Bertz CT molecular complexity index is 1670. The van der Waals surface area contributed by atoms with Gasteiger partial charge in [-0.25, -0.2) is 14.4 Å². The number of hydrogen-bond donors (Lipinski definition) is 1. The molecule has 0 saturated carbocycles. The number of nitriles is 1. The maximum Gasteiger partial charge on any atom is 0.286 e. The van der Waals surface area contributed by atoms with Crippen molar-refractivity contribution in [2.24, 2.45) is 0 Å². The first-order valence-corrected chi connectivity index (χ1v) is 15.6. The van der Waals surface area contributed by atoms with Crippen LogP contribution in [0.1, 0.15) is 22.7 Å². The summed E-state index contributed by atoms with van der Waals surface area (Å²) in [5, 5.41) is 18.3. The molecule has 0 amide bonds. The first-order chi connectivity index (χ1) is 20.0. The average Bonchev–Trinajstić information content (AvgIpc) is 3.30. The van der Waals surface area contributed by atoms with Gasteiger partial charge >= 0.3 is 0 Å². The van der Waals surface area contributed by atoms with Crippen molar-refractivity contribution in [3.8, 4) is 6.07 Å². The predicted molar refractivity (Wildman–Crippen MR) is 169 cm³/mol. The molecule has 1 aliphatic heterocycles. The molecule has 0 bridgehead atoms. The number of nitrogens with one attached hydrogen (secondary N) is 1. The summed E-state index contributed by atoms with van der Waals surface area (Å²) in [7, 11) is 0.614. The van der Waals surface area contributed by atoms with Crippen LogP contribution >= 0.6 is 7.59 Å². The highest BCUT2D eigenvalue weighted by Gasteiger charge is 2.44. The van der Waals surface area contributed by atoms with Crippen molar-refractivity contribution in [1.29, 1.82) is 5.26 Å². The Morgan fingerprint density at radius 2 is 1.24 bits per heavy atom. The molecule has 6 rings (SSSR count). The lowest BCUT2D eigenvalue weighted by molar-refractivity contribution is 0.416. The number of anilines is 1. The zero-order valence-electron chi connectivity index (χ0n) is 23.4. The monoisotopic (exact) mass is 559 g/mol. The third-order valence-corrected chi connectivity index (χ3v) is 10.8. The van der Waals surface area contributed by atoms with Gasteiger partial charge in [0, 0.05) is 46.0 Å². The van der Waals surface area contributed by atoms with E-state index in [0.717, 1.165) is 43.9 Å². The molecule has 0 unspecified atom stereocenters. The highest BCUT2D eigenvalue weighted by Crippen LogP contribution is 2.56. The van der Waals surface area contributed by atoms with E-state index in [4.69, 9.17) is 0 Å². The van der Waals surface area contributed by atoms with Gasteiger partial charge in [-0.1, -0.05) is 97.1 Å². The second-order valence-electron chi connectivity index (χ2n) is 10.8. The van der Waals surface area contributed by atoms with Gasteiger partial charge < -0.3 is 4.90 Å². The third-order valence-electron chi connectivity index (χ3n) is 8.02. The van der Waals surface area contributed by atoms with Crippen molar-refractivity contribution in [2.75, 3.05) is 32.1 Å². The molecule has 206 valence electrons. The van der Waals surface area contributed by atoms with Gasteiger partial charge in [-0.3, -0.25) is 4.57 Å². The van der Waals surface area contributed by atoms with Gasteiger partial charge in [0.25, 0.3) is 7.59 Å². The molecular weight excluding hydrogens is 525 g/mol. The molecule has 0 aromatic heterocycles. The summed E-state index contributed by atoms with van der Waals surface area (Å²) in [6, 6.07) is 38.8. The van der Waals surface area contributed by atoms with Gasteiger partial charge in [-0.05, 0) is 50.4 Å². The minimum atomic E-state index is -3.36. The Balaban J connectivity index is 1.37. The SMILES string of the molecule is CN(C)c1ccc([C@@H](C#N)NP2(=O)N(Cc3cccc4ccccc34)CCN2Cc2cccc3ccccc23)cc1. The van der Waals surface area contributed by atoms with Crippen molar-refractivity contribution in [3.05, 3.63) is 126 Å². The highest BCUT2D eigenvalue weighted by atomic mass is 31.2. The first kappa shape index (κ1) is 27.2. The van der Waals surface area contributed by atoms with Gasteiger partial charge in [0.05, 0.1) is 6.07 Å². The average molecular weight is 560 g/mol. The van der Waals surface area contributed by atoms with E-state index >= 15 is 4.57 Å². The Kier molecular flexibility index (Phi) is 7.62. The van der Waals surface area contributed by atoms with Crippen LogP contribution in [0.3, 0.4) is 0 Å². The minimum absolute atomic E-state index is 0.523. The van der Waals surface area contributed by atoms with Crippen LogP contribution in [0.2, 0.25) is 0 Å². The lowest BCUT2D eigenvalue weighted by atomic mass is 10.0. The van der Waals surface area contributed by atoms with Crippen molar-refractivity contribution < 1.29 is 4.57 Å². The van der Waals surface area contributed by atoms with Crippen LogP contribution < -0.4 is 9.99 Å². The summed E-state index contributed by atoms with van der Waals surface area (Å²) in [4.78, 5) is 2.02. The van der Waals surface area contributed by atoms with Crippen molar-refractivity contribution >= 4 is 34.8 Å². The molecule has 1 fully saturated rings. The number of rotatable bonds is 8. The fourth-order valence-corrected chi connectivity index (χ4v) is 8.40. The van der Waals surface area contributed by atoms with Crippen molar-refractivity contribution in [2.45, 2.75) is 19.1 Å². The van der Waals surface area contributed by atoms with Crippen LogP contribution in [0.15, 0.2) is 109 Å². The molecule has 1 heterocycles. The standard InChI is InChI=1S/C34H34N5OP/c1-37(2)31-19-17-28(18-20-31)34(23-35)36-41(40)38(24-29-13-7-11-26-9-3-5-15-32(26)29)21-22-39(41)25-30-14-8-12-27-10-4-6-16-33(27)30/h3-20,34H,21-22,24-25H2,1-2H3,(H,36,40)/t34-/m1/s1. The van der Waals surface area contributed by atoms with Crippen LogP contribution in [0.4, 0.5) is 5.69 Å². The molecule has 1 atom stereocenters. The molecule has 1 saturated heterocycles. The summed E-state index contributed by atoms with van der Waals surface area (Å²) in [6.45, 7) is 2.32. The number of nitrogens with zero attached hydrogens (tertiary/aromatic N) is 4. The summed E-state index contributed by atoms with van der Waals surface area (Å²) >= 11 is 0. The van der Waals surface area contributed by atoms with Gasteiger partial charge in [0.15, 0.2) is 0 Å². The molecule has 5 aromatic carbocycles. The molecule has 6 nitrogen and oxygen atoms in total. The van der Waals surface area contributed by atoms with E-state index in [1.807, 2.05) is 67.5 Å². The predicted octanol–water partition coefficient (Wildman–Crippen LogP) is 7.34. The second-order valence-corrected chi connectivity index (χ2v) is 13.3. The van der Waals surface area contributed by atoms with E-state index in [0.29, 0.717) is 26.2 Å². The molecule has 5 aromatic rings. The van der Waals surface area contributed by atoms with Crippen molar-refractivity contribution in [3.63, 3.8) is 0 Å². The number of hydrogen-bond acceptors (Lipinski definition) is 3. The van der Waals surface area contributed by atoms with Gasteiger partial charge in [0.2, 0.25) is 0 Å². The van der Waals surface area contributed by atoms with Crippen LogP contribution in [-0.2, 0) is 17.7 Å². The maximum atomic E-state index is 15.3. The van der Waals surface area contributed by atoms with E-state index in [1.54, 1.807) is 0 Å². The van der Waals surface area contributed by atoms with E-state index in [-0.39, 0.29) is 0 Å². The van der Waals surface area contributed by atoms with Crippen LogP contribution in [0.5, 0.6) is 0 Å².